The molecule has 2 saturated heterocycles. The van der Waals surface area contributed by atoms with Gasteiger partial charge in [-0.15, -0.1) is 0 Å². The van der Waals surface area contributed by atoms with E-state index in [-0.39, 0.29) is 23.8 Å². The van der Waals surface area contributed by atoms with Crippen LogP contribution in [0.2, 0.25) is 0 Å². The molecular weight excluding hydrogens is 428 g/mol. The van der Waals surface area contributed by atoms with E-state index in [0.717, 1.165) is 42.9 Å². The van der Waals surface area contributed by atoms with Crippen molar-refractivity contribution in [2.45, 2.75) is 39.0 Å². The molecule has 2 aliphatic rings. The lowest BCUT2D eigenvalue weighted by atomic mass is 9.96. The Kier molecular flexibility index (Phi) is 7.83. The summed E-state index contributed by atoms with van der Waals surface area (Å²) < 4.78 is 0. The lowest BCUT2D eigenvalue weighted by Gasteiger charge is -2.34. The van der Waals surface area contributed by atoms with E-state index in [2.05, 4.69) is 5.32 Å². The van der Waals surface area contributed by atoms with Crippen LogP contribution in [-0.4, -0.2) is 60.4 Å². The molecule has 180 valence electrons. The van der Waals surface area contributed by atoms with Crippen LogP contribution in [0.5, 0.6) is 0 Å². The molecule has 7 nitrogen and oxygen atoms in total. The van der Waals surface area contributed by atoms with E-state index in [1.165, 1.54) is 0 Å². The molecule has 0 unspecified atom stereocenters. The first-order chi connectivity index (χ1) is 16.5. The van der Waals surface area contributed by atoms with Gasteiger partial charge in [-0.2, -0.15) is 0 Å². The number of piperidine rings is 1. The summed E-state index contributed by atoms with van der Waals surface area (Å²) in [5.41, 5.74) is 2.53. The highest BCUT2D eigenvalue weighted by atomic mass is 16.2. The highest BCUT2D eigenvalue weighted by Gasteiger charge is 2.30. The third-order valence-electron chi connectivity index (χ3n) is 6.77. The van der Waals surface area contributed by atoms with Gasteiger partial charge in [0.05, 0.1) is 6.42 Å². The van der Waals surface area contributed by atoms with E-state index in [1.807, 2.05) is 71.3 Å². The van der Waals surface area contributed by atoms with Crippen LogP contribution in [0, 0.1) is 5.92 Å². The molecule has 34 heavy (non-hydrogen) atoms. The smallest absolute Gasteiger partial charge is 0.319 e. The lowest BCUT2D eigenvalue weighted by molar-refractivity contribution is -0.121. The number of likely N-dealkylation sites (N-methyl/N-ethyl adjacent to an activating group) is 1. The average molecular weight is 463 g/mol. The highest BCUT2D eigenvalue weighted by Crippen LogP contribution is 2.22. The summed E-state index contributed by atoms with van der Waals surface area (Å²) >= 11 is 0. The number of likely N-dealkylation sites (tertiary alicyclic amines) is 2. The minimum absolute atomic E-state index is 0.00154. The summed E-state index contributed by atoms with van der Waals surface area (Å²) in [7, 11) is 0. The Bertz CT molecular complexity index is 979. The second-order valence-electron chi connectivity index (χ2n) is 9.07. The Balaban J connectivity index is 1.26. The van der Waals surface area contributed by atoms with E-state index in [0.29, 0.717) is 38.9 Å². The van der Waals surface area contributed by atoms with Gasteiger partial charge in [-0.05, 0) is 62.4 Å². The molecule has 7 heteroatoms. The maximum atomic E-state index is 12.8. The van der Waals surface area contributed by atoms with Gasteiger partial charge in [-0.25, -0.2) is 4.79 Å². The SMILES string of the molecule is CCN(C(=O)Cc1ccc(NC(=O)C2CCN(C(=O)N3CCCC3)CC2)cc1)c1ccccc1. The minimum Gasteiger partial charge on any atom is -0.326 e. The molecule has 0 radical (unpaired) electrons. The second-order valence-corrected chi connectivity index (χ2v) is 9.07. The maximum Gasteiger partial charge on any atom is 0.319 e. The zero-order valence-electron chi connectivity index (χ0n) is 19.9. The Morgan fingerprint density at radius 2 is 1.50 bits per heavy atom. The molecular formula is C27H34N4O3. The maximum absolute atomic E-state index is 12.8. The number of nitrogens with one attached hydrogen (secondary N) is 1. The summed E-state index contributed by atoms with van der Waals surface area (Å²) in [5.74, 6) is -0.0491. The van der Waals surface area contributed by atoms with E-state index in [1.54, 1.807) is 4.90 Å². The van der Waals surface area contributed by atoms with Crippen molar-refractivity contribution < 1.29 is 14.4 Å². The minimum atomic E-state index is -0.0899. The Labute approximate surface area is 201 Å². The second kappa shape index (κ2) is 11.2. The molecule has 2 aliphatic heterocycles. The fourth-order valence-electron chi connectivity index (χ4n) is 4.77. The zero-order valence-corrected chi connectivity index (χ0v) is 19.9. The van der Waals surface area contributed by atoms with Crippen LogP contribution in [0.15, 0.2) is 54.6 Å². The predicted octanol–water partition coefficient (Wildman–Crippen LogP) is 4.15. The number of rotatable bonds is 6. The number of carbonyl (C=O) groups is 3. The first-order valence-electron chi connectivity index (χ1n) is 12.3. The molecule has 0 bridgehead atoms. The van der Waals surface area contributed by atoms with Crippen LogP contribution in [0.1, 0.15) is 38.2 Å². The van der Waals surface area contributed by atoms with Crippen molar-refractivity contribution in [2.75, 3.05) is 42.9 Å². The number of carbonyl (C=O) groups excluding carboxylic acids is 3. The summed E-state index contributed by atoms with van der Waals surface area (Å²) in [4.78, 5) is 43.7. The van der Waals surface area contributed by atoms with E-state index < -0.39 is 0 Å². The standard InChI is InChI=1S/C27H34N4O3/c1-2-31(24-8-4-3-5-9-24)25(32)20-21-10-12-23(13-11-21)28-26(33)22-14-18-30(19-15-22)27(34)29-16-6-7-17-29/h3-5,8-13,22H,2,6-7,14-20H2,1H3,(H,28,33). The van der Waals surface area contributed by atoms with Crippen LogP contribution >= 0.6 is 0 Å². The fraction of sp³-hybridized carbons (Fsp3) is 0.444. The molecule has 4 amide bonds. The largest absolute Gasteiger partial charge is 0.326 e. The molecule has 0 spiro atoms. The third kappa shape index (κ3) is 5.76. The van der Waals surface area contributed by atoms with Crippen molar-refractivity contribution in [3.63, 3.8) is 0 Å². The van der Waals surface area contributed by atoms with Crippen LogP contribution in [-0.2, 0) is 16.0 Å². The molecule has 0 saturated carbocycles. The molecule has 0 atom stereocenters. The number of para-hydroxylation sites is 1. The summed E-state index contributed by atoms with van der Waals surface area (Å²) in [5, 5.41) is 3.00. The van der Waals surface area contributed by atoms with Crippen LogP contribution in [0.25, 0.3) is 0 Å². The number of hydrogen-bond acceptors (Lipinski definition) is 3. The van der Waals surface area contributed by atoms with Crippen LogP contribution < -0.4 is 10.2 Å². The summed E-state index contributed by atoms with van der Waals surface area (Å²) in [6.07, 6.45) is 3.85. The average Bonchev–Trinajstić information content (AvgIpc) is 3.41. The monoisotopic (exact) mass is 462 g/mol. The fourth-order valence-corrected chi connectivity index (χ4v) is 4.77. The number of nitrogens with zero attached hydrogens (tertiary/aromatic N) is 3. The molecule has 0 aromatic heterocycles. The molecule has 4 rings (SSSR count). The summed E-state index contributed by atoms with van der Waals surface area (Å²) in [6.45, 7) is 5.54. The normalized spacial score (nSPS) is 16.4. The molecule has 2 aromatic rings. The number of benzene rings is 2. The quantitative estimate of drug-likeness (QED) is 0.701. The molecule has 2 fully saturated rings. The number of hydrogen-bond donors (Lipinski definition) is 1. The van der Waals surface area contributed by atoms with Crippen LogP contribution in [0.3, 0.4) is 0 Å². The van der Waals surface area contributed by atoms with Gasteiger partial charge in [0.15, 0.2) is 0 Å². The van der Waals surface area contributed by atoms with E-state index in [4.69, 9.17) is 0 Å². The zero-order chi connectivity index (χ0) is 23.9. The Morgan fingerprint density at radius 3 is 2.12 bits per heavy atom. The van der Waals surface area contributed by atoms with Gasteiger partial charge < -0.3 is 20.0 Å². The van der Waals surface area contributed by atoms with Gasteiger partial charge in [-0.3, -0.25) is 9.59 Å². The summed E-state index contributed by atoms with van der Waals surface area (Å²) in [6, 6.07) is 17.3. The first-order valence-corrected chi connectivity index (χ1v) is 12.3. The molecule has 0 aliphatic carbocycles. The van der Waals surface area contributed by atoms with Crippen molar-refractivity contribution >= 4 is 29.2 Å². The van der Waals surface area contributed by atoms with Gasteiger partial charge in [-0.1, -0.05) is 30.3 Å². The van der Waals surface area contributed by atoms with Crippen molar-refractivity contribution in [1.29, 1.82) is 0 Å². The van der Waals surface area contributed by atoms with Crippen molar-refractivity contribution in [2.24, 2.45) is 5.92 Å². The van der Waals surface area contributed by atoms with Gasteiger partial charge in [0.1, 0.15) is 0 Å². The van der Waals surface area contributed by atoms with Crippen LogP contribution in [0.4, 0.5) is 16.2 Å². The molecule has 2 heterocycles. The van der Waals surface area contributed by atoms with Gasteiger partial charge in [0.25, 0.3) is 0 Å². The van der Waals surface area contributed by atoms with Crippen molar-refractivity contribution in [1.82, 2.24) is 9.80 Å². The number of anilines is 2. The van der Waals surface area contributed by atoms with Gasteiger partial charge in [0, 0.05) is 50.0 Å². The Morgan fingerprint density at radius 1 is 0.882 bits per heavy atom. The molecule has 1 N–H and O–H groups in total. The highest BCUT2D eigenvalue weighted by molar-refractivity contribution is 5.95. The number of urea groups is 1. The van der Waals surface area contributed by atoms with Crippen molar-refractivity contribution in [3.05, 3.63) is 60.2 Å². The Hall–Kier alpha value is -3.35. The van der Waals surface area contributed by atoms with Gasteiger partial charge >= 0.3 is 6.03 Å². The topological polar surface area (TPSA) is 73.0 Å². The molecule has 2 aromatic carbocycles. The van der Waals surface area contributed by atoms with E-state index >= 15 is 0 Å². The number of amides is 4. The third-order valence-corrected chi connectivity index (χ3v) is 6.77. The predicted molar refractivity (Wildman–Crippen MR) is 134 cm³/mol. The van der Waals surface area contributed by atoms with E-state index in [9.17, 15) is 14.4 Å². The van der Waals surface area contributed by atoms with Gasteiger partial charge in [0.2, 0.25) is 11.8 Å². The lowest BCUT2D eigenvalue weighted by Crippen LogP contribution is -2.47. The first kappa shape index (κ1) is 23.8. The van der Waals surface area contributed by atoms with Crippen molar-refractivity contribution in [3.8, 4) is 0 Å².